The van der Waals surface area contributed by atoms with Gasteiger partial charge >= 0.3 is 0 Å². The molecule has 35 heavy (non-hydrogen) atoms. The van der Waals surface area contributed by atoms with Gasteiger partial charge in [0, 0.05) is 18.0 Å². The van der Waals surface area contributed by atoms with Crippen LogP contribution in [-0.4, -0.2) is 9.97 Å². The van der Waals surface area contributed by atoms with E-state index in [0.29, 0.717) is 0 Å². The first-order chi connectivity index (χ1) is 17.3. The first-order valence-electron chi connectivity index (χ1n) is 15.2. The largest absolute Gasteiger partial charge is 0.236 e. The molecule has 2 heteroatoms. The van der Waals surface area contributed by atoms with Crippen LogP contribution in [0.25, 0.3) is 11.4 Å². The van der Waals surface area contributed by atoms with Gasteiger partial charge in [-0.05, 0) is 36.8 Å². The number of hydrogen-bond donors (Lipinski definition) is 0. The maximum atomic E-state index is 4.65. The Hall–Kier alpha value is -1.70. The summed E-state index contributed by atoms with van der Waals surface area (Å²) in [6, 6.07) is 8.92. The van der Waals surface area contributed by atoms with Crippen molar-refractivity contribution in [1.29, 1.82) is 0 Å². The summed E-state index contributed by atoms with van der Waals surface area (Å²) in [4.78, 5) is 9.30. The van der Waals surface area contributed by atoms with Gasteiger partial charge in [0.15, 0.2) is 5.82 Å². The van der Waals surface area contributed by atoms with Crippen LogP contribution in [-0.2, 0) is 12.8 Å². The van der Waals surface area contributed by atoms with Gasteiger partial charge in [0.2, 0.25) is 0 Å². The van der Waals surface area contributed by atoms with Gasteiger partial charge in [0.05, 0.1) is 0 Å². The third-order valence-corrected chi connectivity index (χ3v) is 7.31. The number of benzene rings is 1. The SMILES string of the molecule is CCCCCCCCCCCCc1ccc(-c2ncc(CCCCCCCCCCC)cn2)cc1. The fourth-order valence-electron chi connectivity index (χ4n) is 4.91. The number of aryl methyl sites for hydroxylation is 2. The molecule has 0 aliphatic heterocycles. The van der Waals surface area contributed by atoms with Gasteiger partial charge in [-0.1, -0.05) is 147 Å². The van der Waals surface area contributed by atoms with E-state index in [1.54, 1.807) is 0 Å². The molecule has 0 unspecified atom stereocenters. The second-order valence-corrected chi connectivity index (χ2v) is 10.6. The highest BCUT2D eigenvalue weighted by Crippen LogP contribution is 2.18. The Morgan fingerprint density at radius 3 is 1.23 bits per heavy atom. The van der Waals surface area contributed by atoms with E-state index in [4.69, 9.17) is 0 Å². The van der Waals surface area contributed by atoms with Crippen LogP contribution in [0.4, 0.5) is 0 Å². The van der Waals surface area contributed by atoms with Crippen LogP contribution in [0.3, 0.4) is 0 Å². The van der Waals surface area contributed by atoms with Gasteiger partial charge < -0.3 is 0 Å². The molecule has 0 bridgehead atoms. The molecule has 0 aliphatic rings. The second kappa shape index (κ2) is 20.5. The summed E-state index contributed by atoms with van der Waals surface area (Å²) in [5.74, 6) is 0.853. The average molecular weight is 479 g/mol. The molecule has 0 saturated carbocycles. The van der Waals surface area contributed by atoms with E-state index in [1.165, 1.54) is 140 Å². The zero-order valence-electron chi connectivity index (χ0n) is 23.2. The van der Waals surface area contributed by atoms with E-state index in [9.17, 15) is 0 Å². The van der Waals surface area contributed by atoms with Crippen molar-refractivity contribution >= 4 is 0 Å². The fraction of sp³-hybridized carbons (Fsp3) is 0.697. The molecule has 0 aliphatic carbocycles. The highest BCUT2D eigenvalue weighted by molar-refractivity contribution is 5.55. The number of hydrogen-bond acceptors (Lipinski definition) is 2. The zero-order chi connectivity index (χ0) is 24.8. The number of rotatable bonds is 22. The van der Waals surface area contributed by atoms with Crippen molar-refractivity contribution in [3.05, 3.63) is 47.8 Å². The quantitative estimate of drug-likeness (QED) is 0.157. The van der Waals surface area contributed by atoms with Crippen LogP contribution in [0.2, 0.25) is 0 Å². The molecule has 0 saturated heterocycles. The Labute approximate surface area is 217 Å². The van der Waals surface area contributed by atoms with Crippen LogP contribution < -0.4 is 0 Å². The minimum Gasteiger partial charge on any atom is -0.236 e. The maximum absolute atomic E-state index is 4.65. The van der Waals surface area contributed by atoms with Crippen LogP contribution in [0, 0.1) is 0 Å². The first-order valence-corrected chi connectivity index (χ1v) is 15.2. The minimum atomic E-state index is 0.853. The summed E-state index contributed by atoms with van der Waals surface area (Å²) in [5, 5.41) is 0. The van der Waals surface area contributed by atoms with Gasteiger partial charge in [-0.3, -0.25) is 0 Å². The number of unbranched alkanes of at least 4 members (excludes halogenated alkanes) is 17. The van der Waals surface area contributed by atoms with Crippen molar-refractivity contribution < 1.29 is 0 Å². The normalized spacial score (nSPS) is 11.3. The van der Waals surface area contributed by atoms with Gasteiger partial charge in [0.1, 0.15) is 0 Å². The first kappa shape index (κ1) is 29.5. The van der Waals surface area contributed by atoms with E-state index in [2.05, 4.69) is 48.1 Å². The summed E-state index contributed by atoms with van der Waals surface area (Å²) >= 11 is 0. The van der Waals surface area contributed by atoms with Crippen LogP contribution >= 0.6 is 0 Å². The lowest BCUT2D eigenvalue weighted by Gasteiger charge is -2.06. The molecular weight excluding hydrogens is 424 g/mol. The topological polar surface area (TPSA) is 25.8 Å². The van der Waals surface area contributed by atoms with Gasteiger partial charge in [-0.25, -0.2) is 9.97 Å². The summed E-state index contributed by atoms with van der Waals surface area (Å²) in [5.41, 5.74) is 3.84. The Kier molecular flexibility index (Phi) is 17.3. The van der Waals surface area contributed by atoms with E-state index >= 15 is 0 Å². The fourth-order valence-corrected chi connectivity index (χ4v) is 4.91. The number of nitrogens with zero attached hydrogens (tertiary/aromatic N) is 2. The van der Waals surface area contributed by atoms with E-state index in [0.717, 1.165) is 17.8 Å². The Morgan fingerprint density at radius 2 is 0.800 bits per heavy atom. The number of aromatic nitrogens is 2. The lowest BCUT2D eigenvalue weighted by molar-refractivity contribution is 0.556. The van der Waals surface area contributed by atoms with Crippen LogP contribution in [0.1, 0.15) is 147 Å². The minimum absolute atomic E-state index is 0.853. The van der Waals surface area contributed by atoms with Crippen molar-refractivity contribution in [3.63, 3.8) is 0 Å². The molecule has 1 aromatic carbocycles. The molecule has 2 aromatic rings. The van der Waals surface area contributed by atoms with Crippen molar-refractivity contribution in [2.45, 2.75) is 149 Å². The standard InChI is InChI=1S/C33H54N2/c1-3-5-7-9-11-13-15-16-18-20-22-30-24-26-32(27-25-30)33-34-28-31(29-35-33)23-21-19-17-14-12-10-8-6-4-2/h24-29H,3-23H2,1-2H3. The molecule has 2 nitrogen and oxygen atoms in total. The molecule has 0 radical (unpaired) electrons. The van der Waals surface area contributed by atoms with Gasteiger partial charge in [0.25, 0.3) is 0 Å². The van der Waals surface area contributed by atoms with E-state index in [-0.39, 0.29) is 0 Å². The maximum Gasteiger partial charge on any atom is 0.159 e. The molecule has 0 atom stereocenters. The predicted molar refractivity (Wildman–Crippen MR) is 154 cm³/mol. The van der Waals surface area contributed by atoms with Crippen LogP contribution in [0.5, 0.6) is 0 Å². The zero-order valence-corrected chi connectivity index (χ0v) is 23.2. The molecule has 0 N–H and O–H groups in total. The Morgan fingerprint density at radius 1 is 0.429 bits per heavy atom. The molecule has 0 spiro atoms. The summed E-state index contributed by atoms with van der Waals surface area (Å²) in [6.07, 6.45) is 32.7. The van der Waals surface area contributed by atoms with E-state index in [1.807, 2.05) is 12.4 Å². The van der Waals surface area contributed by atoms with Gasteiger partial charge in [-0.15, -0.1) is 0 Å². The molecule has 2 rings (SSSR count). The molecule has 1 heterocycles. The second-order valence-electron chi connectivity index (χ2n) is 10.6. The smallest absolute Gasteiger partial charge is 0.159 e. The highest BCUT2D eigenvalue weighted by Gasteiger charge is 2.03. The third-order valence-electron chi connectivity index (χ3n) is 7.31. The molecule has 0 fully saturated rings. The Bertz CT molecular complexity index is 720. The Balaban J connectivity index is 1.55. The summed E-state index contributed by atoms with van der Waals surface area (Å²) < 4.78 is 0. The summed E-state index contributed by atoms with van der Waals surface area (Å²) in [6.45, 7) is 4.57. The van der Waals surface area contributed by atoms with Crippen molar-refractivity contribution in [2.75, 3.05) is 0 Å². The van der Waals surface area contributed by atoms with Crippen molar-refractivity contribution in [1.82, 2.24) is 9.97 Å². The van der Waals surface area contributed by atoms with Crippen molar-refractivity contribution in [2.24, 2.45) is 0 Å². The molecular formula is C33H54N2. The molecule has 0 amide bonds. The lowest BCUT2D eigenvalue weighted by Crippen LogP contribution is -1.94. The molecule has 196 valence electrons. The highest BCUT2D eigenvalue weighted by atomic mass is 14.9. The van der Waals surface area contributed by atoms with E-state index < -0.39 is 0 Å². The van der Waals surface area contributed by atoms with Gasteiger partial charge in [-0.2, -0.15) is 0 Å². The van der Waals surface area contributed by atoms with Crippen LogP contribution in [0.15, 0.2) is 36.7 Å². The van der Waals surface area contributed by atoms with Crippen molar-refractivity contribution in [3.8, 4) is 11.4 Å². The lowest BCUT2D eigenvalue weighted by atomic mass is 10.0. The summed E-state index contributed by atoms with van der Waals surface area (Å²) in [7, 11) is 0. The average Bonchev–Trinajstić information content (AvgIpc) is 2.89. The monoisotopic (exact) mass is 478 g/mol. The third kappa shape index (κ3) is 14.5. The predicted octanol–water partition coefficient (Wildman–Crippen LogP) is 10.7. The molecule has 1 aromatic heterocycles.